The molecule has 0 amide bonds. The quantitative estimate of drug-likeness (QED) is 0.748. The van der Waals surface area contributed by atoms with Crippen molar-refractivity contribution in [2.45, 2.75) is 12.6 Å². The zero-order valence-electron chi connectivity index (χ0n) is 7.38. The number of hydrogen-bond acceptors (Lipinski definition) is 3. The molecule has 0 aromatic heterocycles. The smallest absolute Gasteiger partial charge is 0.423 e. The first-order valence-electron chi connectivity index (χ1n) is 3.92. The Labute approximate surface area is 82.8 Å². The number of rotatable bonds is 2. The van der Waals surface area contributed by atoms with E-state index in [1.165, 1.54) is 0 Å². The van der Waals surface area contributed by atoms with Gasteiger partial charge in [-0.2, -0.15) is 13.2 Å². The molecule has 6 heteroatoms. The van der Waals surface area contributed by atoms with Crippen molar-refractivity contribution in [2.24, 2.45) is 0 Å². The largest absolute Gasteiger partial charge is 0.507 e. The molecule has 2 N–H and O–H groups in total. The molecule has 0 unspecified atom stereocenters. The van der Waals surface area contributed by atoms with Crippen LogP contribution in [0.2, 0.25) is 0 Å². The first-order chi connectivity index (χ1) is 6.88. The number of aromatic hydroxyl groups is 2. The van der Waals surface area contributed by atoms with Crippen LogP contribution in [-0.4, -0.2) is 16.5 Å². The third kappa shape index (κ3) is 2.20. The SMILES string of the molecule is O=CCc1ccc(O)c(C(F)(F)F)c1O. The molecular formula is C9H7F3O3. The highest BCUT2D eigenvalue weighted by Gasteiger charge is 2.38. The summed E-state index contributed by atoms with van der Waals surface area (Å²) in [6.45, 7) is 0. The lowest BCUT2D eigenvalue weighted by molar-refractivity contribution is -0.140. The molecule has 0 saturated carbocycles. The van der Waals surface area contributed by atoms with Crippen LogP contribution in [-0.2, 0) is 17.4 Å². The average molecular weight is 220 g/mol. The number of alkyl halides is 3. The van der Waals surface area contributed by atoms with Crippen molar-refractivity contribution in [1.82, 2.24) is 0 Å². The third-order valence-corrected chi connectivity index (χ3v) is 1.83. The molecule has 0 spiro atoms. The van der Waals surface area contributed by atoms with Gasteiger partial charge >= 0.3 is 6.18 Å². The van der Waals surface area contributed by atoms with Crippen molar-refractivity contribution >= 4 is 6.29 Å². The van der Waals surface area contributed by atoms with Gasteiger partial charge in [0, 0.05) is 12.0 Å². The molecule has 0 aliphatic carbocycles. The lowest BCUT2D eigenvalue weighted by Gasteiger charge is -2.12. The maximum Gasteiger partial charge on any atom is 0.423 e. The molecule has 1 aromatic rings. The maximum absolute atomic E-state index is 12.3. The number of carbonyl (C=O) groups excluding carboxylic acids is 1. The Morgan fingerprint density at radius 1 is 1.27 bits per heavy atom. The van der Waals surface area contributed by atoms with E-state index in [0.717, 1.165) is 12.1 Å². The molecule has 1 rings (SSSR count). The summed E-state index contributed by atoms with van der Waals surface area (Å²) >= 11 is 0. The second-order valence-corrected chi connectivity index (χ2v) is 2.84. The van der Waals surface area contributed by atoms with Crippen LogP contribution in [0.15, 0.2) is 12.1 Å². The van der Waals surface area contributed by atoms with Gasteiger partial charge in [-0.3, -0.25) is 0 Å². The zero-order valence-corrected chi connectivity index (χ0v) is 7.38. The summed E-state index contributed by atoms with van der Waals surface area (Å²) < 4.78 is 37.0. The highest BCUT2D eigenvalue weighted by molar-refractivity contribution is 5.60. The van der Waals surface area contributed by atoms with E-state index in [1.807, 2.05) is 0 Å². The van der Waals surface area contributed by atoms with Crippen LogP contribution in [0, 0.1) is 0 Å². The van der Waals surface area contributed by atoms with Crippen LogP contribution in [0.3, 0.4) is 0 Å². The number of hydrogen-bond donors (Lipinski definition) is 2. The van der Waals surface area contributed by atoms with Gasteiger partial charge in [0.15, 0.2) is 0 Å². The van der Waals surface area contributed by atoms with E-state index in [4.69, 9.17) is 5.11 Å². The minimum atomic E-state index is -4.85. The van der Waals surface area contributed by atoms with Crippen LogP contribution in [0.25, 0.3) is 0 Å². The van der Waals surface area contributed by atoms with Gasteiger partial charge < -0.3 is 15.0 Å². The zero-order chi connectivity index (χ0) is 11.6. The van der Waals surface area contributed by atoms with E-state index >= 15 is 0 Å². The summed E-state index contributed by atoms with van der Waals surface area (Å²) in [7, 11) is 0. The number of halogens is 3. The standard InChI is InChI=1S/C9H7F3O3/c10-9(11,12)7-6(14)2-1-5(3-4-13)8(7)15/h1-2,4,14-15H,3H2. The van der Waals surface area contributed by atoms with E-state index in [2.05, 4.69) is 0 Å². The van der Waals surface area contributed by atoms with Crippen molar-refractivity contribution in [2.75, 3.05) is 0 Å². The van der Waals surface area contributed by atoms with Gasteiger partial charge in [-0.25, -0.2) is 0 Å². The molecule has 0 bridgehead atoms. The van der Waals surface area contributed by atoms with E-state index in [0.29, 0.717) is 6.29 Å². The van der Waals surface area contributed by atoms with Gasteiger partial charge in [-0.15, -0.1) is 0 Å². The van der Waals surface area contributed by atoms with Crippen LogP contribution >= 0.6 is 0 Å². The summed E-state index contributed by atoms with van der Waals surface area (Å²) in [5.74, 6) is -2.16. The number of phenols is 2. The molecule has 0 aliphatic rings. The predicted octanol–water partition coefficient (Wildman–Crippen LogP) is 1.86. The first kappa shape index (κ1) is 11.4. The van der Waals surface area contributed by atoms with E-state index < -0.39 is 23.2 Å². The van der Waals surface area contributed by atoms with Gasteiger partial charge in [-0.05, 0) is 6.07 Å². The van der Waals surface area contributed by atoms with Gasteiger partial charge in [0.25, 0.3) is 0 Å². The molecular weight excluding hydrogens is 213 g/mol. The van der Waals surface area contributed by atoms with Crippen LogP contribution in [0.4, 0.5) is 13.2 Å². The molecule has 82 valence electrons. The fourth-order valence-corrected chi connectivity index (χ4v) is 1.16. The number of aldehydes is 1. The molecule has 0 atom stereocenters. The van der Waals surface area contributed by atoms with Gasteiger partial charge in [0.05, 0.1) is 0 Å². The van der Waals surface area contributed by atoms with E-state index in [1.54, 1.807) is 0 Å². The summed E-state index contributed by atoms with van der Waals surface area (Å²) in [5.41, 5.74) is -1.68. The Kier molecular flexibility index (Phi) is 2.88. The normalized spacial score (nSPS) is 11.4. The van der Waals surface area contributed by atoms with Crippen LogP contribution < -0.4 is 0 Å². The van der Waals surface area contributed by atoms with E-state index in [-0.39, 0.29) is 12.0 Å². The first-order valence-corrected chi connectivity index (χ1v) is 3.92. The van der Waals surface area contributed by atoms with Crippen molar-refractivity contribution in [3.05, 3.63) is 23.3 Å². The second-order valence-electron chi connectivity index (χ2n) is 2.84. The maximum atomic E-state index is 12.3. The Morgan fingerprint density at radius 3 is 2.33 bits per heavy atom. The molecule has 0 aliphatic heterocycles. The highest BCUT2D eigenvalue weighted by atomic mass is 19.4. The van der Waals surface area contributed by atoms with Crippen molar-refractivity contribution in [3.8, 4) is 11.5 Å². The number of phenolic OH excluding ortho intramolecular Hbond substituents is 2. The fraction of sp³-hybridized carbons (Fsp3) is 0.222. The highest BCUT2D eigenvalue weighted by Crippen LogP contribution is 2.43. The Hall–Kier alpha value is -1.72. The lowest BCUT2D eigenvalue weighted by Crippen LogP contribution is -2.07. The monoisotopic (exact) mass is 220 g/mol. The minimum Gasteiger partial charge on any atom is -0.507 e. The summed E-state index contributed by atoms with van der Waals surface area (Å²) in [6.07, 6.45) is -4.82. The molecule has 1 aromatic carbocycles. The molecule has 0 fully saturated rings. The average Bonchev–Trinajstić information content (AvgIpc) is 2.08. The molecule has 0 saturated heterocycles. The van der Waals surface area contributed by atoms with Gasteiger partial charge in [-0.1, -0.05) is 6.07 Å². The lowest BCUT2D eigenvalue weighted by atomic mass is 10.1. The molecule has 0 heterocycles. The predicted molar refractivity (Wildman–Crippen MR) is 44.5 cm³/mol. The Morgan fingerprint density at radius 2 is 1.87 bits per heavy atom. The number of carbonyl (C=O) groups is 1. The van der Waals surface area contributed by atoms with Crippen LogP contribution in [0.1, 0.15) is 11.1 Å². The van der Waals surface area contributed by atoms with E-state index in [9.17, 15) is 23.1 Å². The topological polar surface area (TPSA) is 57.5 Å². The molecule has 3 nitrogen and oxygen atoms in total. The second kappa shape index (κ2) is 3.80. The van der Waals surface area contributed by atoms with Gasteiger partial charge in [0.1, 0.15) is 23.3 Å². The Balaban J connectivity index is 3.36. The van der Waals surface area contributed by atoms with Gasteiger partial charge in [0.2, 0.25) is 0 Å². The molecule has 0 radical (unpaired) electrons. The van der Waals surface area contributed by atoms with Crippen molar-refractivity contribution in [1.29, 1.82) is 0 Å². The Bertz CT molecular complexity index is 385. The summed E-state index contributed by atoms with van der Waals surface area (Å²) in [4.78, 5) is 10.1. The summed E-state index contributed by atoms with van der Waals surface area (Å²) in [6, 6.07) is 1.86. The van der Waals surface area contributed by atoms with Crippen LogP contribution in [0.5, 0.6) is 11.5 Å². The van der Waals surface area contributed by atoms with Crippen molar-refractivity contribution < 1.29 is 28.2 Å². The molecule has 15 heavy (non-hydrogen) atoms. The minimum absolute atomic E-state index is 0.171. The van der Waals surface area contributed by atoms with Crippen molar-refractivity contribution in [3.63, 3.8) is 0 Å². The fourth-order valence-electron chi connectivity index (χ4n) is 1.16. The number of benzene rings is 1. The third-order valence-electron chi connectivity index (χ3n) is 1.83. The summed E-state index contributed by atoms with van der Waals surface area (Å²) in [5, 5.41) is 18.1.